The molecule has 3 saturated heterocycles. The Morgan fingerprint density at radius 1 is 1.03 bits per heavy atom. The SMILES string of the molecule is CNC(=O)C1CCN(C2CN(c3cccc4c3C(=O)N(C3CCC(=O)NC3=O)C4=O)C2)C(CC2(COc3cc4c(N[C@H](C)c5cc(N)cc(C(F)(F)F)c5)nc(C)nc4cc3OC)CC2)C1. The molecule has 66 heavy (non-hydrogen) atoms. The average molecular weight is 912 g/mol. The number of piperidine rings is 2. The van der Waals surface area contributed by atoms with E-state index in [0.717, 1.165) is 36.3 Å². The van der Waals surface area contributed by atoms with Crippen molar-refractivity contribution < 1.29 is 46.6 Å². The molecule has 5 heterocycles. The molecular weight excluding hydrogens is 860 g/mol. The lowest BCUT2D eigenvalue weighted by molar-refractivity contribution is -0.138. The highest BCUT2D eigenvalue weighted by atomic mass is 19.4. The lowest BCUT2D eigenvalue weighted by Crippen LogP contribution is -2.64. The number of rotatable bonds is 13. The summed E-state index contributed by atoms with van der Waals surface area (Å²) >= 11 is 0. The number of halogens is 3. The van der Waals surface area contributed by atoms with Gasteiger partial charge < -0.3 is 30.7 Å². The van der Waals surface area contributed by atoms with Crippen molar-refractivity contribution in [1.29, 1.82) is 0 Å². The van der Waals surface area contributed by atoms with E-state index in [2.05, 4.69) is 35.7 Å². The lowest BCUT2D eigenvalue weighted by Gasteiger charge is -2.52. The molecule has 4 aromatic rings. The van der Waals surface area contributed by atoms with E-state index in [1.165, 1.54) is 6.07 Å². The summed E-state index contributed by atoms with van der Waals surface area (Å²) in [6, 6.07) is 10.7. The van der Waals surface area contributed by atoms with Gasteiger partial charge >= 0.3 is 6.18 Å². The zero-order valence-electron chi connectivity index (χ0n) is 37.1. The second-order valence-electron chi connectivity index (χ2n) is 18.3. The monoisotopic (exact) mass is 911 g/mol. The number of carbonyl (C=O) groups excluding carboxylic acids is 5. The van der Waals surface area contributed by atoms with Crippen molar-refractivity contribution in [2.45, 2.75) is 89.1 Å². The Balaban J connectivity index is 0.912. The number of nitrogens with one attached hydrogen (secondary N) is 3. The van der Waals surface area contributed by atoms with Crippen molar-refractivity contribution in [1.82, 2.24) is 30.4 Å². The zero-order chi connectivity index (χ0) is 46.8. The fourth-order valence-corrected chi connectivity index (χ4v) is 10.1. The van der Waals surface area contributed by atoms with Crippen LogP contribution in [-0.4, -0.2) is 108 Å². The van der Waals surface area contributed by atoms with Crippen molar-refractivity contribution in [2.24, 2.45) is 11.3 Å². The summed E-state index contributed by atoms with van der Waals surface area (Å²) in [4.78, 5) is 79.8. The summed E-state index contributed by atoms with van der Waals surface area (Å²) < 4.78 is 53.4. The van der Waals surface area contributed by atoms with Crippen LogP contribution in [0.5, 0.6) is 11.5 Å². The van der Waals surface area contributed by atoms with E-state index in [4.69, 9.17) is 15.2 Å². The van der Waals surface area contributed by atoms with E-state index in [9.17, 15) is 37.1 Å². The predicted octanol–water partition coefficient (Wildman–Crippen LogP) is 5.39. The van der Waals surface area contributed by atoms with E-state index in [1.54, 1.807) is 52.3 Å². The lowest BCUT2D eigenvalue weighted by atomic mass is 9.82. The molecule has 1 aromatic heterocycles. The Kier molecular flexibility index (Phi) is 11.5. The van der Waals surface area contributed by atoms with E-state index in [-0.39, 0.29) is 59.0 Å². The molecule has 1 aliphatic carbocycles. The van der Waals surface area contributed by atoms with Crippen LogP contribution in [0.2, 0.25) is 0 Å². The highest BCUT2D eigenvalue weighted by Gasteiger charge is 2.51. The third-order valence-electron chi connectivity index (χ3n) is 13.9. The van der Waals surface area contributed by atoms with Crippen LogP contribution in [-0.2, 0) is 20.6 Å². The van der Waals surface area contributed by atoms with E-state index in [1.807, 2.05) is 6.07 Å². The van der Waals surface area contributed by atoms with Gasteiger partial charge in [0, 0.05) is 67.1 Å². The summed E-state index contributed by atoms with van der Waals surface area (Å²) in [7, 11) is 3.20. The van der Waals surface area contributed by atoms with Crippen LogP contribution in [0.25, 0.3) is 10.9 Å². The van der Waals surface area contributed by atoms with Gasteiger partial charge in [-0.05, 0) is 101 Å². The van der Waals surface area contributed by atoms with Gasteiger partial charge in [0.1, 0.15) is 17.7 Å². The number of benzene rings is 3. The molecule has 3 aromatic carbocycles. The van der Waals surface area contributed by atoms with Gasteiger partial charge in [-0.1, -0.05) is 6.07 Å². The zero-order valence-corrected chi connectivity index (χ0v) is 37.1. The molecule has 0 spiro atoms. The molecule has 0 bridgehead atoms. The van der Waals surface area contributed by atoms with Crippen LogP contribution in [0.3, 0.4) is 0 Å². The van der Waals surface area contributed by atoms with Crippen LogP contribution in [0.15, 0.2) is 48.5 Å². The van der Waals surface area contributed by atoms with Crippen molar-refractivity contribution in [3.8, 4) is 11.5 Å². The molecule has 19 heteroatoms. The van der Waals surface area contributed by atoms with Gasteiger partial charge in [-0.2, -0.15) is 13.2 Å². The molecule has 4 aliphatic heterocycles. The Morgan fingerprint density at radius 2 is 1.80 bits per heavy atom. The largest absolute Gasteiger partial charge is 0.493 e. The number of amides is 5. The number of ether oxygens (including phenoxy) is 2. The molecule has 0 radical (unpaired) electrons. The summed E-state index contributed by atoms with van der Waals surface area (Å²) in [5.41, 5.74) is 6.87. The third-order valence-corrected chi connectivity index (χ3v) is 13.9. The quantitative estimate of drug-likeness (QED) is 0.0985. The minimum Gasteiger partial charge on any atom is -0.493 e. The highest BCUT2D eigenvalue weighted by molar-refractivity contribution is 6.25. The maximum atomic E-state index is 13.9. The topological polar surface area (TPSA) is 201 Å². The number of methoxy groups -OCH3 is 1. The maximum absolute atomic E-state index is 13.9. The van der Waals surface area contributed by atoms with Crippen LogP contribution in [0, 0.1) is 18.3 Å². The number of nitrogen functional groups attached to an aromatic ring is 1. The molecule has 4 atom stereocenters. The number of carbonyl (C=O) groups is 5. The number of anilines is 3. The number of hydrogen-bond acceptors (Lipinski definition) is 13. The van der Waals surface area contributed by atoms with Gasteiger partial charge in [0.05, 0.1) is 47.7 Å². The Morgan fingerprint density at radius 3 is 2.50 bits per heavy atom. The third kappa shape index (κ3) is 8.44. The number of aromatic nitrogens is 2. The molecule has 1 saturated carbocycles. The Hall–Kier alpha value is -6.50. The highest BCUT2D eigenvalue weighted by Crippen LogP contribution is 2.53. The van der Waals surface area contributed by atoms with Gasteiger partial charge in [0.15, 0.2) is 11.5 Å². The Labute approximate surface area is 378 Å². The summed E-state index contributed by atoms with van der Waals surface area (Å²) in [5, 5.41) is 8.95. The molecule has 5 N–H and O–H groups in total. The second-order valence-corrected chi connectivity index (χ2v) is 18.3. The van der Waals surface area contributed by atoms with Gasteiger partial charge in [0.25, 0.3) is 11.8 Å². The molecule has 3 unspecified atom stereocenters. The first-order valence-corrected chi connectivity index (χ1v) is 22.3. The van der Waals surface area contributed by atoms with Crippen LogP contribution < -0.4 is 36.1 Å². The van der Waals surface area contributed by atoms with Crippen molar-refractivity contribution in [3.63, 3.8) is 0 Å². The Bertz CT molecular complexity index is 2650. The average Bonchev–Trinajstić information content (AvgIpc) is 3.98. The second kappa shape index (κ2) is 17.1. The van der Waals surface area contributed by atoms with E-state index in [0.29, 0.717) is 84.4 Å². The first kappa shape index (κ1) is 44.7. The van der Waals surface area contributed by atoms with Gasteiger partial charge in [-0.15, -0.1) is 0 Å². The number of nitrogens with zero attached hydrogens (tertiary/aromatic N) is 5. The summed E-state index contributed by atoms with van der Waals surface area (Å²) in [5.74, 6) is -0.560. The molecule has 348 valence electrons. The number of alkyl halides is 3. The molecule has 5 aliphatic rings. The maximum Gasteiger partial charge on any atom is 0.416 e. The van der Waals surface area contributed by atoms with E-state index < -0.39 is 47.5 Å². The number of imide groups is 2. The molecule has 4 fully saturated rings. The van der Waals surface area contributed by atoms with Gasteiger partial charge in [-0.3, -0.25) is 39.1 Å². The molecule has 5 amide bonds. The number of likely N-dealkylation sites (tertiary alicyclic amines) is 1. The number of aryl methyl sites for hydroxylation is 1. The first-order valence-electron chi connectivity index (χ1n) is 22.3. The van der Waals surface area contributed by atoms with Crippen LogP contribution in [0.1, 0.15) is 95.6 Å². The molecule has 16 nitrogen and oxygen atoms in total. The van der Waals surface area contributed by atoms with Gasteiger partial charge in [0.2, 0.25) is 17.7 Å². The number of hydrogen-bond donors (Lipinski definition) is 4. The number of fused-ring (bicyclic) bond motifs is 2. The molecule has 9 rings (SSSR count). The standard InChI is InChI=1S/C47H52F3N9O7/c1-24(27-14-28(47(48,49)50)17-29(51)15-27)53-41-33-18-38(37(65-4)19-34(33)54-25(2)55-41)66-23-46(11-12-46)20-30-16-26(42(61)52-3)10-13-58(30)31-21-57(22-31)35-7-5-6-32-40(35)45(64)59(44(32)63)36-8-9-39(60)56-43(36)62/h5-7,14-15,17-19,24,26,30-31,36H,8-13,16,20-23,51H2,1-4H3,(H,52,61)(H,53,54,55)(H,56,60,62)/t24-,26?,30?,36?/m1/s1. The fourth-order valence-electron chi connectivity index (χ4n) is 10.1. The minimum absolute atomic E-state index is 0.00474. The van der Waals surface area contributed by atoms with Crippen LogP contribution in [0.4, 0.5) is 30.4 Å². The fraction of sp³-hybridized carbons (Fsp3) is 0.468. The minimum atomic E-state index is -4.56. The number of nitrogens with two attached hydrogens (primary N) is 1. The smallest absolute Gasteiger partial charge is 0.416 e. The van der Waals surface area contributed by atoms with Crippen LogP contribution >= 0.6 is 0 Å². The predicted molar refractivity (Wildman–Crippen MR) is 237 cm³/mol. The van der Waals surface area contributed by atoms with Gasteiger partial charge in [-0.25, -0.2) is 9.97 Å². The summed E-state index contributed by atoms with van der Waals surface area (Å²) in [6.07, 6.45) is -0.502. The first-order chi connectivity index (χ1) is 31.4. The van der Waals surface area contributed by atoms with Crippen molar-refractivity contribution in [3.05, 3.63) is 76.6 Å². The normalized spacial score (nSPS) is 22.4. The summed E-state index contributed by atoms with van der Waals surface area (Å²) in [6.45, 7) is 5.71. The van der Waals surface area contributed by atoms with E-state index >= 15 is 0 Å². The van der Waals surface area contributed by atoms with Crippen molar-refractivity contribution in [2.75, 3.05) is 56.3 Å². The molecular formula is C47H52F3N9O7. The van der Waals surface area contributed by atoms with Crippen molar-refractivity contribution >= 4 is 57.6 Å².